The molecule has 0 aliphatic rings. The predicted octanol–water partition coefficient (Wildman–Crippen LogP) is 4.19. The Hall–Kier alpha value is -2.59. The minimum absolute atomic E-state index is 0.167. The second-order valence-electron chi connectivity index (χ2n) is 5.76. The molecule has 1 heterocycles. The second kappa shape index (κ2) is 6.49. The number of hydrogen-bond acceptors (Lipinski definition) is 2. The normalized spacial score (nSPS) is 10.8. The van der Waals surface area contributed by atoms with Crippen LogP contribution in [0.4, 0.5) is 0 Å². The van der Waals surface area contributed by atoms with Crippen LogP contribution in [0.2, 0.25) is 5.02 Å². The third-order valence-electron chi connectivity index (χ3n) is 3.93. The fraction of sp³-hybridized carbons (Fsp3) is 0.158. The Morgan fingerprint density at radius 1 is 1.12 bits per heavy atom. The van der Waals surface area contributed by atoms with Crippen molar-refractivity contribution in [2.45, 2.75) is 20.4 Å². The average Bonchev–Trinajstić information content (AvgIpc) is 2.93. The number of nitrogens with zero attached hydrogens (tertiary/aromatic N) is 1. The zero-order valence-electron chi connectivity index (χ0n) is 13.5. The van der Waals surface area contributed by atoms with Gasteiger partial charge in [-0.3, -0.25) is 14.2 Å². The molecule has 0 atom stereocenters. The molecule has 3 aromatic rings. The Balaban J connectivity index is 1.89. The Morgan fingerprint density at radius 2 is 1.83 bits per heavy atom. The van der Waals surface area contributed by atoms with Crippen LogP contribution in [0, 0.1) is 6.92 Å². The highest BCUT2D eigenvalue weighted by molar-refractivity contribution is 6.31. The van der Waals surface area contributed by atoms with Crippen LogP contribution in [0.5, 0.6) is 0 Å². The SMILES string of the molecule is CC(=O)n1cc(C(=O)NCc2ccc(C)cc2)c2ccc(Cl)cc21. The van der Waals surface area contributed by atoms with E-state index in [9.17, 15) is 9.59 Å². The molecule has 0 aliphatic carbocycles. The van der Waals surface area contributed by atoms with E-state index in [4.69, 9.17) is 11.6 Å². The van der Waals surface area contributed by atoms with E-state index in [2.05, 4.69) is 5.32 Å². The minimum Gasteiger partial charge on any atom is -0.348 e. The van der Waals surface area contributed by atoms with Crippen LogP contribution >= 0.6 is 11.6 Å². The molecule has 1 aromatic heterocycles. The van der Waals surface area contributed by atoms with Crippen molar-refractivity contribution < 1.29 is 9.59 Å². The van der Waals surface area contributed by atoms with Gasteiger partial charge in [-0.05, 0) is 24.6 Å². The lowest BCUT2D eigenvalue weighted by molar-refractivity contribution is 0.0941. The summed E-state index contributed by atoms with van der Waals surface area (Å²) in [6, 6.07) is 13.1. The highest BCUT2D eigenvalue weighted by Gasteiger charge is 2.17. The molecule has 122 valence electrons. The van der Waals surface area contributed by atoms with Crippen LogP contribution in [0.3, 0.4) is 0 Å². The molecule has 0 fully saturated rings. The molecule has 0 aliphatic heterocycles. The number of amides is 1. The molecule has 3 rings (SSSR count). The van der Waals surface area contributed by atoms with Gasteiger partial charge in [0.15, 0.2) is 0 Å². The van der Waals surface area contributed by atoms with Crippen molar-refractivity contribution in [3.8, 4) is 0 Å². The Labute approximate surface area is 145 Å². The van der Waals surface area contributed by atoms with Gasteiger partial charge in [0.05, 0.1) is 11.1 Å². The van der Waals surface area contributed by atoms with E-state index >= 15 is 0 Å². The van der Waals surface area contributed by atoms with Crippen molar-refractivity contribution in [2.24, 2.45) is 0 Å². The van der Waals surface area contributed by atoms with Crippen molar-refractivity contribution in [3.05, 3.63) is 70.4 Å². The van der Waals surface area contributed by atoms with Crippen molar-refractivity contribution in [2.75, 3.05) is 0 Å². The Morgan fingerprint density at radius 3 is 2.50 bits per heavy atom. The lowest BCUT2D eigenvalue weighted by Gasteiger charge is -2.05. The lowest BCUT2D eigenvalue weighted by Crippen LogP contribution is -2.22. The number of nitrogens with one attached hydrogen (secondary N) is 1. The third-order valence-corrected chi connectivity index (χ3v) is 4.16. The molecule has 5 heteroatoms. The summed E-state index contributed by atoms with van der Waals surface area (Å²) in [6.07, 6.45) is 1.56. The summed E-state index contributed by atoms with van der Waals surface area (Å²) in [4.78, 5) is 24.4. The van der Waals surface area contributed by atoms with Gasteiger partial charge in [-0.2, -0.15) is 0 Å². The van der Waals surface area contributed by atoms with E-state index in [1.54, 1.807) is 24.4 Å². The maximum atomic E-state index is 12.6. The molecular weight excluding hydrogens is 324 g/mol. The van der Waals surface area contributed by atoms with Gasteiger partial charge in [0.1, 0.15) is 0 Å². The number of aryl methyl sites for hydroxylation is 1. The van der Waals surface area contributed by atoms with Crippen molar-refractivity contribution in [3.63, 3.8) is 0 Å². The maximum absolute atomic E-state index is 12.6. The third kappa shape index (κ3) is 3.19. The maximum Gasteiger partial charge on any atom is 0.253 e. The van der Waals surface area contributed by atoms with Crippen LogP contribution < -0.4 is 5.32 Å². The largest absolute Gasteiger partial charge is 0.348 e. The van der Waals surface area contributed by atoms with Gasteiger partial charge in [-0.15, -0.1) is 0 Å². The summed E-state index contributed by atoms with van der Waals surface area (Å²) in [6.45, 7) is 3.90. The quantitative estimate of drug-likeness (QED) is 0.777. The molecule has 24 heavy (non-hydrogen) atoms. The molecule has 0 saturated carbocycles. The van der Waals surface area contributed by atoms with Gasteiger partial charge in [-0.25, -0.2) is 0 Å². The summed E-state index contributed by atoms with van der Waals surface area (Å²) in [7, 11) is 0. The van der Waals surface area contributed by atoms with Gasteiger partial charge in [0.25, 0.3) is 5.91 Å². The summed E-state index contributed by atoms with van der Waals surface area (Å²) >= 11 is 6.01. The van der Waals surface area contributed by atoms with E-state index < -0.39 is 0 Å². The second-order valence-corrected chi connectivity index (χ2v) is 6.20. The molecule has 0 radical (unpaired) electrons. The van der Waals surface area contributed by atoms with E-state index in [1.807, 2.05) is 31.2 Å². The van der Waals surface area contributed by atoms with Gasteiger partial charge in [0, 0.05) is 30.1 Å². The van der Waals surface area contributed by atoms with Crippen molar-refractivity contribution in [1.82, 2.24) is 9.88 Å². The summed E-state index contributed by atoms with van der Waals surface area (Å²) < 4.78 is 1.45. The zero-order chi connectivity index (χ0) is 17.3. The molecule has 0 unspecified atom stereocenters. The van der Waals surface area contributed by atoms with E-state index in [-0.39, 0.29) is 11.8 Å². The van der Waals surface area contributed by atoms with Crippen LogP contribution in [0.1, 0.15) is 33.2 Å². The molecule has 4 nitrogen and oxygen atoms in total. The number of halogens is 1. The zero-order valence-corrected chi connectivity index (χ0v) is 14.2. The van der Waals surface area contributed by atoms with Gasteiger partial charge in [-0.1, -0.05) is 47.5 Å². The van der Waals surface area contributed by atoms with Gasteiger partial charge in [0.2, 0.25) is 5.91 Å². The molecule has 0 spiro atoms. The topological polar surface area (TPSA) is 51.1 Å². The minimum atomic E-state index is -0.220. The number of carbonyl (C=O) groups excluding carboxylic acids is 2. The Kier molecular flexibility index (Phi) is 4.40. The predicted molar refractivity (Wildman–Crippen MR) is 95.6 cm³/mol. The first-order valence-electron chi connectivity index (χ1n) is 7.61. The van der Waals surface area contributed by atoms with Crippen LogP contribution in [0.15, 0.2) is 48.7 Å². The lowest BCUT2D eigenvalue weighted by atomic mass is 10.1. The summed E-state index contributed by atoms with van der Waals surface area (Å²) in [5, 5.41) is 4.12. The first-order chi connectivity index (χ1) is 11.5. The molecule has 0 bridgehead atoms. The number of rotatable bonds is 3. The Bertz CT molecular complexity index is 926. The summed E-state index contributed by atoms with van der Waals surface area (Å²) in [5.74, 6) is -0.386. The van der Waals surface area contributed by atoms with Gasteiger partial charge < -0.3 is 5.32 Å². The van der Waals surface area contributed by atoms with Crippen LogP contribution in [0.25, 0.3) is 10.9 Å². The molecule has 2 aromatic carbocycles. The number of aromatic nitrogens is 1. The fourth-order valence-electron chi connectivity index (χ4n) is 2.63. The fourth-order valence-corrected chi connectivity index (χ4v) is 2.79. The first-order valence-corrected chi connectivity index (χ1v) is 7.99. The number of benzene rings is 2. The van der Waals surface area contributed by atoms with Crippen molar-refractivity contribution in [1.29, 1.82) is 0 Å². The van der Waals surface area contributed by atoms with E-state index in [0.717, 1.165) is 5.56 Å². The first kappa shape index (κ1) is 16.3. The molecule has 1 N–H and O–H groups in total. The van der Waals surface area contributed by atoms with Crippen LogP contribution in [-0.2, 0) is 6.54 Å². The number of carbonyl (C=O) groups is 2. The van der Waals surface area contributed by atoms with E-state index in [0.29, 0.717) is 28.0 Å². The number of fused-ring (bicyclic) bond motifs is 1. The van der Waals surface area contributed by atoms with Crippen molar-refractivity contribution >= 4 is 34.3 Å². The smallest absolute Gasteiger partial charge is 0.253 e. The molecular formula is C19H17ClN2O2. The van der Waals surface area contributed by atoms with Crippen LogP contribution in [-0.4, -0.2) is 16.4 Å². The summed E-state index contributed by atoms with van der Waals surface area (Å²) in [5.41, 5.74) is 3.29. The monoisotopic (exact) mass is 340 g/mol. The van der Waals surface area contributed by atoms with Gasteiger partial charge >= 0.3 is 0 Å². The standard InChI is InChI=1S/C19H17ClN2O2/c1-12-3-5-14(6-4-12)10-21-19(24)17-11-22(13(2)23)18-9-15(20)7-8-16(17)18/h3-9,11H,10H2,1-2H3,(H,21,24). The van der Waals surface area contributed by atoms with E-state index in [1.165, 1.54) is 17.1 Å². The average molecular weight is 341 g/mol. The molecule has 0 saturated heterocycles. The number of hydrogen-bond donors (Lipinski definition) is 1. The molecule has 1 amide bonds. The highest BCUT2D eigenvalue weighted by Crippen LogP contribution is 2.25. The highest BCUT2D eigenvalue weighted by atomic mass is 35.5.